The molecule has 5 nitrogen and oxygen atoms in total. The van der Waals surface area contributed by atoms with E-state index < -0.39 is 5.97 Å². The molecular weight excluding hydrogens is 280 g/mol. The molecule has 0 bridgehead atoms. The predicted molar refractivity (Wildman–Crippen MR) is 81.1 cm³/mol. The Kier molecular flexibility index (Phi) is 5.96. The van der Waals surface area contributed by atoms with Crippen molar-refractivity contribution in [3.8, 4) is 6.07 Å². The molecule has 0 atom stereocenters. The second kappa shape index (κ2) is 8.18. The summed E-state index contributed by atoms with van der Waals surface area (Å²) in [4.78, 5) is 23.7. The maximum atomic E-state index is 11.9. The molecule has 2 rings (SSSR count). The van der Waals surface area contributed by atoms with Gasteiger partial charge in [-0.15, -0.1) is 0 Å². The first-order valence-electron chi connectivity index (χ1n) is 7.65. The summed E-state index contributed by atoms with van der Waals surface area (Å²) in [5, 5.41) is 11.7. The number of nitriles is 1. The van der Waals surface area contributed by atoms with Gasteiger partial charge in [-0.05, 0) is 31.0 Å². The van der Waals surface area contributed by atoms with E-state index in [9.17, 15) is 9.59 Å². The Labute approximate surface area is 130 Å². The van der Waals surface area contributed by atoms with Crippen molar-refractivity contribution < 1.29 is 14.3 Å². The predicted octanol–water partition coefficient (Wildman–Crippen LogP) is 2.55. The Bertz CT molecular complexity index is 570. The van der Waals surface area contributed by atoms with Crippen molar-refractivity contribution in [3.05, 3.63) is 35.4 Å². The monoisotopic (exact) mass is 300 g/mol. The van der Waals surface area contributed by atoms with Gasteiger partial charge in [0.1, 0.15) is 0 Å². The molecule has 1 fully saturated rings. The molecular formula is C17H20N2O3. The third-order valence-corrected chi connectivity index (χ3v) is 3.78. The van der Waals surface area contributed by atoms with Crippen molar-refractivity contribution in [2.24, 2.45) is 0 Å². The average Bonchev–Trinajstić information content (AvgIpc) is 2.81. The second-order valence-corrected chi connectivity index (χ2v) is 5.52. The molecule has 0 aromatic heterocycles. The van der Waals surface area contributed by atoms with E-state index in [4.69, 9.17) is 10.00 Å². The zero-order chi connectivity index (χ0) is 15.8. The SMILES string of the molecule is N#Cc1cccc(C(=O)OCC(=O)NC2CCCCCC2)c1. The lowest BCUT2D eigenvalue weighted by molar-refractivity contribution is -0.125. The third kappa shape index (κ3) is 4.88. The van der Waals surface area contributed by atoms with Crippen LogP contribution in [0, 0.1) is 11.3 Å². The van der Waals surface area contributed by atoms with Crippen LogP contribution in [0.2, 0.25) is 0 Å². The molecule has 0 spiro atoms. The summed E-state index contributed by atoms with van der Waals surface area (Å²) in [6.07, 6.45) is 6.68. The highest BCUT2D eigenvalue weighted by atomic mass is 16.5. The van der Waals surface area contributed by atoms with Crippen LogP contribution in [0.4, 0.5) is 0 Å². The molecule has 5 heteroatoms. The van der Waals surface area contributed by atoms with E-state index in [2.05, 4.69) is 5.32 Å². The molecule has 22 heavy (non-hydrogen) atoms. The molecule has 1 amide bonds. The molecule has 0 radical (unpaired) electrons. The topological polar surface area (TPSA) is 79.2 Å². The van der Waals surface area contributed by atoms with Crippen LogP contribution >= 0.6 is 0 Å². The molecule has 0 aliphatic heterocycles. The minimum Gasteiger partial charge on any atom is -0.452 e. The van der Waals surface area contributed by atoms with Gasteiger partial charge >= 0.3 is 5.97 Å². The van der Waals surface area contributed by atoms with Crippen LogP contribution in [0.15, 0.2) is 24.3 Å². The molecule has 1 aliphatic carbocycles. The summed E-state index contributed by atoms with van der Waals surface area (Å²) in [6, 6.07) is 8.38. The van der Waals surface area contributed by atoms with Gasteiger partial charge in [-0.3, -0.25) is 4.79 Å². The molecule has 116 valence electrons. The van der Waals surface area contributed by atoms with Gasteiger partial charge in [0.25, 0.3) is 5.91 Å². The van der Waals surface area contributed by atoms with Crippen molar-refractivity contribution in [1.82, 2.24) is 5.32 Å². The summed E-state index contributed by atoms with van der Waals surface area (Å²) in [6.45, 7) is -0.286. The standard InChI is InChI=1S/C17H20N2O3/c18-11-13-6-5-7-14(10-13)17(21)22-12-16(20)19-15-8-3-1-2-4-9-15/h5-7,10,15H,1-4,8-9,12H2,(H,19,20). The number of amides is 1. The van der Waals surface area contributed by atoms with Gasteiger partial charge in [-0.2, -0.15) is 5.26 Å². The second-order valence-electron chi connectivity index (χ2n) is 5.52. The van der Waals surface area contributed by atoms with Crippen LogP contribution < -0.4 is 5.32 Å². The van der Waals surface area contributed by atoms with E-state index in [0.29, 0.717) is 5.56 Å². The Hall–Kier alpha value is -2.35. The lowest BCUT2D eigenvalue weighted by Gasteiger charge is -2.16. The first-order chi connectivity index (χ1) is 10.7. The molecule has 0 saturated heterocycles. The van der Waals surface area contributed by atoms with Gasteiger partial charge in [0.05, 0.1) is 17.2 Å². The fourth-order valence-electron chi connectivity index (χ4n) is 2.62. The van der Waals surface area contributed by atoms with Crippen LogP contribution in [0.3, 0.4) is 0 Å². The van der Waals surface area contributed by atoms with Gasteiger partial charge < -0.3 is 10.1 Å². The first-order valence-corrected chi connectivity index (χ1v) is 7.65. The van der Waals surface area contributed by atoms with Gasteiger partial charge in [0.15, 0.2) is 6.61 Å². The molecule has 0 unspecified atom stereocenters. The van der Waals surface area contributed by atoms with Crippen LogP contribution in [-0.4, -0.2) is 24.5 Å². The molecule has 1 saturated carbocycles. The van der Waals surface area contributed by atoms with E-state index >= 15 is 0 Å². The number of hydrogen-bond donors (Lipinski definition) is 1. The fraction of sp³-hybridized carbons (Fsp3) is 0.471. The number of ether oxygens (including phenoxy) is 1. The number of benzene rings is 1. The Morgan fingerprint density at radius 2 is 1.95 bits per heavy atom. The Balaban J connectivity index is 1.80. The van der Waals surface area contributed by atoms with Gasteiger partial charge in [0, 0.05) is 6.04 Å². The number of nitrogens with zero attached hydrogens (tertiary/aromatic N) is 1. The largest absolute Gasteiger partial charge is 0.452 e. The van der Waals surface area contributed by atoms with Gasteiger partial charge in [-0.1, -0.05) is 31.7 Å². The maximum absolute atomic E-state index is 11.9. The summed E-state index contributed by atoms with van der Waals surface area (Å²) in [5.41, 5.74) is 0.665. The summed E-state index contributed by atoms with van der Waals surface area (Å²) in [7, 11) is 0. The zero-order valence-corrected chi connectivity index (χ0v) is 12.5. The number of hydrogen-bond acceptors (Lipinski definition) is 4. The van der Waals surface area contributed by atoms with Crippen molar-refractivity contribution in [2.75, 3.05) is 6.61 Å². The quantitative estimate of drug-likeness (QED) is 0.684. The Morgan fingerprint density at radius 3 is 2.64 bits per heavy atom. The number of rotatable bonds is 4. The van der Waals surface area contributed by atoms with Crippen molar-refractivity contribution in [1.29, 1.82) is 5.26 Å². The highest BCUT2D eigenvalue weighted by molar-refractivity contribution is 5.91. The smallest absolute Gasteiger partial charge is 0.338 e. The third-order valence-electron chi connectivity index (χ3n) is 3.78. The minimum absolute atomic E-state index is 0.190. The molecule has 1 N–H and O–H groups in total. The minimum atomic E-state index is -0.590. The highest BCUT2D eigenvalue weighted by Gasteiger charge is 2.16. The van der Waals surface area contributed by atoms with E-state index in [0.717, 1.165) is 25.7 Å². The van der Waals surface area contributed by atoms with Crippen LogP contribution in [0.5, 0.6) is 0 Å². The van der Waals surface area contributed by atoms with E-state index in [1.165, 1.54) is 18.9 Å². The molecule has 1 aromatic rings. The normalized spacial score (nSPS) is 15.4. The number of nitrogens with one attached hydrogen (secondary N) is 1. The molecule has 0 heterocycles. The van der Waals surface area contributed by atoms with Gasteiger partial charge in [-0.25, -0.2) is 4.79 Å². The fourth-order valence-corrected chi connectivity index (χ4v) is 2.62. The van der Waals surface area contributed by atoms with Crippen LogP contribution in [0.1, 0.15) is 54.4 Å². The lowest BCUT2D eigenvalue weighted by atomic mass is 10.1. The van der Waals surface area contributed by atoms with Crippen molar-refractivity contribution in [2.45, 2.75) is 44.6 Å². The highest BCUT2D eigenvalue weighted by Crippen LogP contribution is 2.17. The molecule has 1 aliphatic rings. The van der Waals surface area contributed by atoms with Crippen molar-refractivity contribution in [3.63, 3.8) is 0 Å². The first kappa shape index (κ1) is 16.0. The van der Waals surface area contributed by atoms with Crippen LogP contribution in [0.25, 0.3) is 0 Å². The van der Waals surface area contributed by atoms with E-state index in [1.807, 2.05) is 6.07 Å². The zero-order valence-electron chi connectivity index (χ0n) is 12.5. The lowest BCUT2D eigenvalue weighted by Crippen LogP contribution is -2.37. The van der Waals surface area contributed by atoms with E-state index in [1.54, 1.807) is 18.2 Å². The maximum Gasteiger partial charge on any atom is 0.338 e. The van der Waals surface area contributed by atoms with Gasteiger partial charge in [0.2, 0.25) is 0 Å². The number of carbonyl (C=O) groups is 2. The average molecular weight is 300 g/mol. The summed E-state index contributed by atoms with van der Waals surface area (Å²) in [5.74, 6) is -0.857. The van der Waals surface area contributed by atoms with Crippen molar-refractivity contribution >= 4 is 11.9 Å². The summed E-state index contributed by atoms with van der Waals surface area (Å²) < 4.78 is 5.00. The van der Waals surface area contributed by atoms with E-state index in [-0.39, 0.29) is 24.1 Å². The number of esters is 1. The molecule has 1 aromatic carbocycles. The van der Waals surface area contributed by atoms with Crippen LogP contribution in [-0.2, 0) is 9.53 Å². The summed E-state index contributed by atoms with van der Waals surface area (Å²) >= 11 is 0. The number of carbonyl (C=O) groups excluding carboxylic acids is 2. The Morgan fingerprint density at radius 1 is 1.23 bits per heavy atom.